The van der Waals surface area contributed by atoms with E-state index in [0.717, 1.165) is 16.2 Å². The van der Waals surface area contributed by atoms with Crippen LogP contribution in [0.2, 0.25) is 0 Å². The standard InChI is InChI=1S/C22H21N3O4S2/c1-13-18(22(28)29-2)21(25-17(26)12-30-16-10-8-14(23)9-11-16)31-19(13)20(27)24-15-6-4-3-5-7-15/h3-11H,12,23H2,1-2H3,(H,24,27)(H,25,26). The molecular formula is C22H21N3O4S2. The molecule has 3 rings (SSSR count). The lowest BCUT2D eigenvalue weighted by Crippen LogP contribution is -2.16. The fourth-order valence-corrected chi connectivity index (χ4v) is 4.56. The van der Waals surface area contributed by atoms with Gasteiger partial charge in [-0.05, 0) is 48.9 Å². The monoisotopic (exact) mass is 455 g/mol. The summed E-state index contributed by atoms with van der Waals surface area (Å²) in [4.78, 5) is 38.8. The van der Waals surface area contributed by atoms with Crippen LogP contribution < -0.4 is 16.4 Å². The van der Waals surface area contributed by atoms with Gasteiger partial charge in [-0.1, -0.05) is 18.2 Å². The molecule has 3 aromatic rings. The minimum Gasteiger partial charge on any atom is -0.465 e. The van der Waals surface area contributed by atoms with E-state index in [1.165, 1.54) is 18.9 Å². The molecule has 2 amide bonds. The van der Waals surface area contributed by atoms with E-state index in [0.29, 0.717) is 21.8 Å². The molecule has 31 heavy (non-hydrogen) atoms. The number of ether oxygens (including phenoxy) is 1. The Hall–Kier alpha value is -3.30. The zero-order valence-corrected chi connectivity index (χ0v) is 18.6. The van der Waals surface area contributed by atoms with Crippen LogP contribution >= 0.6 is 23.1 Å². The fourth-order valence-electron chi connectivity index (χ4n) is 2.75. The highest BCUT2D eigenvalue weighted by Crippen LogP contribution is 2.34. The second kappa shape index (κ2) is 10.1. The molecule has 2 aromatic carbocycles. The van der Waals surface area contributed by atoms with E-state index in [1.54, 1.807) is 43.3 Å². The number of anilines is 3. The SMILES string of the molecule is COC(=O)c1c(NC(=O)CSc2ccc(N)cc2)sc(C(=O)Nc2ccccc2)c1C. The van der Waals surface area contributed by atoms with E-state index in [4.69, 9.17) is 10.5 Å². The van der Waals surface area contributed by atoms with Crippen molar-refractivity contribution < 1.29 is 19.1 Å². The Kier molecular flexibility index (Phi) is 7.32. The lowest BCUT2D eigenvalue weighted by atomic mass is 10.1. The number of esters is 1. The molecule has 0 aliphatic carbocycles. The maximum Gasteiger partial charge on any atom is 0.341 e. The Morgan fingerprint density at radius 3 is 2.35 bits per heavy atom. The van der Waals surface area contributed by atoms with Crippen LogP contribution in [0.15, 0.2) is 59.5 Å². The number of benzene rings is 2. The number of nitrogen functional groups attached to an aromatic ring is 1. The Bertz CT molecular complexity index is 1100. The number of nitrogens with two attached hydrogens (primary N) is 1. The number of carbonyl (C=O) groups excluding carboxylic acids is 3. The van der Waals surface area contributed by atoms with Crippen molar-refractivity contribution in [3.63, 3.8) is 0 Å². The summed E-state index contributed by atoms with van der Waals surface area (Å²) in [5.74, 6) is -1.15. The normalized spacial score (nSPS) is 10.4. The molecule has 0 saturated carbocycles. The summed E-state index contributed by atoms with van der Waals surface area (Å²) in [5, 5.41) is 5.82. The molecule has 1 aromatic heterocycles. The molecule has 0 bridgehead atoms. The Balaban J connectivity index is 1.77. The van der Waals surface area contributed by atoms with E-state index in [-0.39, 0.29) is 28.1 Å². The summed E-state index contributed by atoms with van der Waals surface area (Å²) in [6.45, 7) is 1.65. The molecule has 9 heteroatoms. The Morgan fingerprint density at radius 1 is 1.03 bits per heavy atom. The van der Waals surface area contributed by atoms with Gasteiger partial charge in [0.05, 0.1) is 23.3 Å². The van der Waals surface area contributed by atoms with Crippen LogP contribution in [-0.2, 0) is 9.53 Å². The molecule has 7 nitrogen and oxygen atoms in total. The van der Waals surface area contributed by atoms with Crippen molar-refractivity contribution in [3.8, 4) is 0 Å². The molecule has 0 atom stereocenters. The van der Waals surface area contributed by atoms with Gasteiger partial charge in [0.2, 0.25) is 5.91 Å². The van der Waals surface area contributed by atoms with Gasteiger partial charge in [0, 0.05) is 16.3 Å². The number of para-hydroxylation sites is 1. The quantitative estimate of drug-likeness (QED) is 0.277. The second-order valence-electron chi connectivity index (χ2n) is 6.48. The highest BCUT2D eigenvalue weighted by molar-refractivity contribution is 8.00. The predicted octanol–water partition coefficient (Wildman–Crippen LogP) is 4.41. The van der Waals surface area contributed by atoms with Crippen molar-refractivity contribution >= 4 is 57.3 Å². The van der Waals surface area contributed by atoms with Crippen LogP contribution in [0.4, 0.5) is 16.4 Å². The van der Waals surface area contributed by atoms with Gasteiger partial charge in [-0.25, -0.2) is 4.79 Å². The number of thiophene rings is 1. The first-order valence-corrected chi connectivity index (χ1v) is 11.1. The number of thioether (sulfide) groups is 1. The summed E-state index contributed by atoms with van der Waals surface area (Å²) in [5.41, 5.74) is 7.57. The third kappa shape index (κ3) is 5.65. The average Bonchev–Trinajstić information content (AvgIpc) is 3.09. The number of methoxy groups -OCH3 is 1. The van der Waals surface area contributed by atoms with Gasteiger partial charge in [-0.15, -0.1) is 23.1 Å². The van der Waals surface area contributed by atoms with E-state index < -0.39 is 5.97 Å². The van der Waals surface area contributed by atoms with Crippen molar-refractivity contribution in [2.45, 2.75) is 11.8 Å². The second-order valence-corrected chi connectivity index (χ2v) is 8.55. The van der Waals surface area contributed by atoms with Crippen molar-refractivity contribution in [2.75, 3.05) is 29.2 Å². The third-order valence-corrected chi connectivity index (χ3v) is 6.50. The number of hydrogen-bond donors (Lipinski definition) is 3. The van der Waals surface area contributed by atoms with Crippen molar-refractivity contribution in [1.82, 2.24) is 0 Å². The van der Waals surface area contributed by atoms with Crippen LogP contribution in [0.5, 0.6) is 0 Å². The first kappa shape index (κ1) is 22.4. The molecule has 4 N–H and O–H groups in total. The highest BCUT2D eigenvalue weighted by atomic mass is 32.2. The summed E-state index contributed by atoms with van der Waals surface area (Å²) >= 11 is 2.38. The third-order valence-electron chi connectivity index (χ3n) is 4.28. The summed E-state index contributed by atoms with van der Waals surface area (Å²) in [6, 6.07) is 16.2. The molecule has 0 aliphatic rings. The number of hydrogen-bond acceptors (Lipinski definition) is 7. The zero-order valence-electron chi connectivity index (χ0n) is 16.9. The van der Waals surface area contributed by atoms with Crippen LogP contribution in [0.25, 0.3) is 0 Å². The molecule has 0 fully saturated rings. The summed E-state index contributed by atoms with van der Waals surface area (Å²) in [7, 11) is 1.26. The van der Waals surface area contributed by atoms with Gasteiger partial charge in [-0.3, -0.25) is 9.59 Å². The molecule has 1 heterocycles. The topological polar surface area (TPSA) is 111 Å². The molecule has 0 radical (unpaired) electrons. The van der Waals surface area contributed by atoms with Gasteiger partial charge in [0.25, 0.3) is 5.91 Å². The first-order valence-electron chi connectivity index (χ1n) is 9.25. The van der Waals surface area contributed by atoms with Crippen LogP contribution in [0.3, 0.4) is 0 Å². The van der Waals surface area contributed by atoms with Gasteiger partial charge < -0.3 is 21.1 Å². The Labute approximate surface area is 188 Å². The van der Waals surface area contributed by atoms with E-state index in [1.807, 2.05) is 18.2 Å². The largest absolute Gasteiger partial charge is 0.465 e. The minimum atomic E-state index is -0.617. The predicted molar refractivity (Wildman–Crippen MR) is 125 cm³/mol. The molecule has 0 spiro atoms. The highest BCUT2D eigenvalue weighted by Gasteiger charge is 2.26. The van der Waals surface area contributed by atoms with Crippen molar-refractivity contribution in [2.24, 2.45) is 0 Å². The molecular weight excluding hydrogens is 434 g/mol. The Morgan fingerprint density at radius 2 is 1.71 bits per heavy atom. The van der Waals surface area contributed by atoms with E-state index in [2.05, 4.69) is 10.6 Å². The van der Waals surface area contributed by atoms with Crippen molar-refractivity contribution in [3.05, 3.63) is 70.6 Å². The minimum absolute atomic E-state index is 0.132. The van der Waals surface area contributed by atoms with Gasteiger partial charge in [0.1, 0.15) is 5.00 Å². The lowest BCUT2D eigenvalue weighted by Gasteiger charge is -2.06. The number of amides is 2. The van der Waals surface area contributed by atoms with Crippen LogP contribution in [0, 0.1) is 6.92 Å². The van der Waals surface area contributed by atoms with E-state index in [9.17, 15) is 14.4 Å². The molecule has 160 valence electrons. The van der Waals surface area contributed by atoms with Crippen molar-refractivity contribution in [1.29, 1.82) is 0 Å². The van der Waals surface area contributed by atoms with Crippen LogP contribution in [-0.4, -0.2) is 30.6 Å². The number of nitrogens with one attached hydrogen (secondary N) is 2. The smallest absolute Gasteiger partial charge is 0.341 e. The van der Waals surface area contributed by atoms with Gasteiger partial charge >= 0.3 is 5.97 Å². The summed E-state index contributed by atoms with van der Waals surface area (Å²) < 4.78 is 4.86. The number of carbonyl (C=O) groups is 3. The number of rotatable bonds is 7. The molecule has 0 aliphatic heterocycles. The van der Waals surface area contributed by atoms with E-state index >= 15 is 0 Å². The maximum atomic E-state index is 12.8. The van der Waals surface area contributed by atoms with Crippen LogP contribution in [0.1, 0.15) is 25.6 Å². The lowest BCUT2D eigenvalue weighted by molar-refractivity contribution is -0.113. The molecule has 0 saturated heterocycles. The maximum absolute atomic E-state index is 12.8. The average molecular weight is 456 g/mol. The fraction of sp³-hybridized carbons (Fsp3) is 0.136. The van der Waals surface area contributed by atoms with Gasteiger partial charge in [-0.2, -0.15) is 0 Å². The summed E-state index contributed by atoms with van der Waals surface area (Å²) in [6.07, 6.45) is 0. The van der Waals surface area contributed by atoms with Gasteiger partial charge in [0.15, 0.2) is 0 Å². The first-order chi connectivity index (χ1) is 14.9. The zero-order chi connectivity index (χ0) is 22.4. The molecule has 0 unspecified atom stereocenters.